The van der Waals surface area contributed by atoms with Gasteiger partial charge < -0.3 is 4.74 Å². The third-order valence-corrected chi connectivity index (χ3v) is 5.36. The first-order valence-corrected chi connectivity index (χ1v) is 10.2. The molecule has 0 spiro atoms. The first-order chi connectivity index (χ1) is 13.8. The smallest absolute Gasteiger partial charge is 0.216 e. The first kappa shape index (κ1) is 18.6. The summed E-state index contributed by atoms with van der Waals surface area (Å²) in [7, 11) is 0. The van der Waals surface area contributed by atoms with Gasteiger partial charge in [-0.05, 0) is 60.5 Å². The van der Waals surface area contributed by atoms with E-state index >= 15 is 0 Å². The molecule has 1 N–H and O–H groups in total. The highest BCUT2D eigenvalue weighted by Gasteiger charge is 2.21. The van der Waals surface area contributed by atoms with Crippen LogP contribution in [0.25, 0.3) is 0 Å². The van der Waals surface area contributed by atoms with E-state index in [-0.39, 0.29) is 0 Å². The van der Waals surface area contributed by atoms with Gasteiger partial charge in [-0.25, -0.2) is 0 Å². The Bertz CT molecular complexity index is 970. The number of ether oxygens (including phenoxy) is 1. The van der Waals surface area contributed by atoms with E-state index < -0.39 is 0 Å². The second-order valence-electron chi connectivity index (χ2n) is 7.12. The molecule has 1 aliphatic carbocycles. The highest BCUT2D eigenvalue weighted by atomic mass is 32.1. The van der Waals surface area contributed by atoms with Gasteiger partial charge in [0.25, 0.3) is 0 Å². The highest BCUT2D eigenvalue weighted by Crippen LogP contribution is 2.31. The second-order valence-corrected chi connectivity index (χ2v) is 7.51. The Morgan fingerprint density at radius 2 is 1.82 bits per heavy atom. The molecule has 4 rings (SSSR count). The Morgan fingerprint density at radius 3 is 2.57 bits per heavy atom. The lowest BCUT2D eigenvalue weighted by atomic mass is 9.89. The SMILES string of the molecule is S=c1[nH]nc(C2CCCCC2)n1N=Cc1ccc(OCc2ccccc2)cc1. The Morgan fingerprint density at radius 1 is 1.07 bits per heavy atom. The van der Waals surface area contributed by atoms with Crippen molar-refractivity contribution in [1.82, 2.24) is 14.9 Å². The molecule has 0 amide bonds. The minimum atomic E-state index is 0.438. The summed E-state index contributed by atoms with van der Waals surface area (Å²) >= 11 is 5.37. The van der Waals surface area contributed by atoms with Crippen molar-refractivity contribution in [3.05, 3.63) is 76.3 Å². The lowest BCUT2D eigenvalue weighted by Crippen LogP contribution is -2.10. The van der Waals surface area contributed by atoms with E-state index in [9.17, 15) is 0 Å². The fourth-order valence-electron chi connectivity index (χ4n) is 3.56. The molecule has 0 radical (unpaired) electrons. The fourth-order valence-corrected chi connectivity index (χ4v) is 3.74. The average molecular weight is 393 g/mol. The number of aromatic nitrogens is 3. The van der Waals surface area contributed by atoms with Gasteiger partial charge in [-0.3, -0.25) is 5.10 Å². The molecule has 0 saturated heterocycles. The van der Waals surface area contributed by atoms with E-state index in [2.05, 4.69) is 27.4 Å². The molecule has 2 aromatic carbocycles. The third kappa shape index (κ3) is 4.57. The van der Waals surface area contributed by atoms with Crippen molar-refractivity contribution in [2.24, 2.45) is 5.10 Å². The van der Waals surface area contributed by atoms with Crippen LogP contribution >= 0.6 is 12.2 Å². The van der Waals surface area contributed by atoms with Crippen molar-refractivity contribution >= 4 is 18.4 Å². The monoisotopic (exact) mass is 392 g/mol. The lowest BCUT2D eigenvalue weighted by molar-refractivity contribution is 0.306. The number of hydrogen-bond donors (Lipinski definition) is 1. The number of rotatable bonds is 6. The van der Waals surface area contributed by atoms with Gasteiger partial charge in [-0.2, -0.15) is 14.9 Å². The first-order valence-electron chi connectivity index (χ1n) is 9.78. The Balaban J connectivity index is 1.42. The third-order valence-electron chi connectivity index (χ3n) is 5.10. The number of H-pyrrole nitrogens is 1. The van der Waals surface area contributed by atoms with E-state index in [0.29, 0.717) is 17.3 Å². The summed E-state index contributed by atoms with van der Waals surface area (Å²) in [5.74, 6) is 2.22. The van der Waals surface area contributed by atoms with Gasteiger partial charge >= 0.3 is 0 Å². The minimum absolute atomic E-state index is 0.438. The van der Waals surface area contributed by atoms with Gasteiger partial charge in [0.2, 0.25) is 4.77 Å². The van der Waals surface area contributed by atoms with Crippen molar-refractivity contribution in [2.45, 2.75) is 44.6 Å². The topological polar surface area (TPSA) is 55.2 Å². The van der Waals surface area contributed by atoms with E-state index in [1.54, 1.807) is 4.68 Å². The maximum absolute atomic E-state index is 5.83. The summed E-state index contributed by atoms with van der Waals surface area (Å²) in [6, 6.07) is 18.0. The largest absolute Gasteiger partial charge is 0.489 e. The van der Waals surface area contributed by atoms with Crippen LogP contribution in [0.5, 0.6) is 5.75 Å². The van der Waals surface area contributed by atoms with Crippen LogP contribution in [-0.4, -0.2) is 21.1 Å². The van der Waals surface area contributed by atoms with Gasteiger partial charge in [0.15, 0.2) is 5.82 Å². The lowest BCUT2D eigenvalue weighted by Gasteiger charge is -2.19. The van der Waals surface area contributed by atoms with Crippen LogP contribution in [0.15, 0.2) is 59.7 Å². The van der Waals surface area contributed by atoms with E-state index in [1.807, 2.05) is 48.7 Å². The molecule has 1 fully saturated rings. The predicted molar refractivity (Wildman–Crippen MR) is 113 cm³/mol. The molecular formula is C22H24N4OS. The molecule has 6 heteroatoms. The van der Waals surface area contributed by atoms with Gasteiger partial charge in [0, 0.05) is 5.92 Å². The summed E-state index contributed by atoms with van der Waals surface area (Å²) in [6.45, 7) is 0.559. The van der Waals surface area contributed by atoms with Crippen LogP contribution in [0.4, 0.5) is 0 Å². The quantitative estimate of drug-likeness (QED) is 0.448. The maximum Gasteiger partial charge on any atom is 0.216 e. The van der Waals surface area contributed by atoms with Crippen molar-refractivity contribution in [1.29, 1.82) is 0 Å². The van der Waals surface area contributed by atoms with Crippen LogP contribution in [0, 0.1) is 4.77 Å². The van der Waals surface area contributed by atoms with Crippen molar-refractivity contribution in [2.75, 3.05) is 0 Å². The van der Waals surface area contributed by atoms with Gasteiger partial charge in [-0.1, -0.05) is 49.6 Å². The summed E-state index contributed by atoms with van der Waals surface area (Å²) in [4.78, 5) is 0. The van der Waals surface area contributed by atoms with E-state index in [0.717, 1.165) is 35.5 Å². The summed E-state index contributed by atoms with van der Waals surface area (Å²) in [5.41, 5.74) is 2.14. The van der Waals surface area contributed by atoms with Crippen molar-refractivity contribution in [3.8, 4) is 5.75 Å². The van der Waals surface area contributed by atoms with Crippen molar-refractivity contribution in [3.63, 3.8) is 0 Å². The molecule has 28 heavy (non-hydrogen) atoms. The molecule has 0 atom stereocenters. The summed E-state index contributed by atoms with van der Waals surface area (Å²) < 4.78 is 8.14. The minimum Gasteiger partial charge on any atom is -0.489 e. The number of nitrogens with one attached hydrogen (secondary N) is 1. The summed E-state index contributed by atoms with van der Waals surface area (Å²) in [5, 5.41) is 11.9. The van der Waals surface area contributed by atoms with Crippen LogP contribution in [0.1, 0.15) is 55.0 Å². The molecule has 1 heterocycles. The van der Waals surface area contributed by atoms with Crippen LogP contribution in [0.3, 0.4) is 0 Å². The number of benzene rings is 2. The molecule has 0 aliphatic heterocycles. The average Bonchev–Trinajstić information content (AvgIpc) is 3.13. The van der Waals surface area contributed by atoms with Gasteiger partial charge in [0.05, 0.1) is 6.21 Å². The summed E-state index contributed by atoms with van der Waals surface area (Å²) in [6.07, 6.45) is 7.93. The molecule has 3 aromatic rings. The normalized spacial score (nSPS) is 15.1. The standard InChI is InChI=1S/C22H24N4OS/c28-22-25-24-21(19-9-5-2-6-10-19)26(22)23-15-17-11-13-20(14-12-17)27-16-18-7-3-1-4-8-18/h1,3-4,7-8,11-15,19H,2,5-6,9-10,16H2,(H,25,28). The van der Waals surface area contributed by atoms with Gasteiger partial charge in [-0.15, -0.1) is 0 Å². The molecule has 1 aromatic heterocycles. The molecule has 5 nitrogen and oxygen atoms in total. The number of hydrogen-bond acceptors (Lipinski definition) is 4. The molecule has 1 saturated carbocycles. The number of aromatic amines is 1. The highest BCUT2D eigenvalue weighted by molar-refractivity contribution is 7.71. The molecular weight excluding hydrogens is 368 g/mol. The van der Waals surface area contributed by atoms with Crippen LogP contribution < -0.4 is 4.74 Å². The predicted octanol–water partition coefficient (Wildman–Crippen LogP) is 5.45. The molecule has 0 unspecified atom stereocenters. The Hall–Kier alpha value is -2.73. The fraction of sp³-hybridized carbons (Fsp3) is 0.318. The second kappa shape index (κ2) is 8.97. The number of nitrogens with zero attached hydrogens (tertiary/aromatic N) is 3. The van der Waals surface area contributed by atoms with Gasteiger partial charge in [0.1, 0.15) is 12.4 Å². The van der Waals surface area contributed by atoms with Crippen molar-refractivity contribution < 1.29 is 4.74 Å². The zero-order valence-electron chi connectivity index (χ0n) is 15.8. The zero-order valence-corrected chi connectivity index (χ0v) is 16.6. The Labute approximate surface area is 170 Å². The molecule has 1 aliphatic rings. The molecule has 0 bridgehead atoms. The van der Waals surface area contributed by atoms with Crippen LogP contribution in [-0.2, 0) is 6.61 Å². The zero-order chi connectivity index (χ0) is 19.2. The van der Waals surface area contributed by atoms with E-state index in [4.69, 9.17) is 17.0 Å². The van der Waals surface area contributed by atoms with Crippen LogP contribution in [0.2, 0.25) is 0 Å². The maximum atomic E-state index is 5.83. The molecule has 144 valence electrons. The van der Waals surface area contributed by atoms with E-state index in [1.165, 1.54) is 19.3 Å². The Kier molecular flexibility index (Phi) is 5.97.